The van der Waals surface area contributed by atoms with Crippen molar-refractivity contribution in [3.63, 3.8) is 0 Å². The van der Waals surface area contributed by atoms with Crippen LogP contribution in [0.3, 0.4) is 0 Å². The quantitative estimate of drug-likeness (QED) is 0.162. The van der Waals surface area contributed by atoms with Crippen molar-refractivity contribution in [3.8, 4) is 0 Å². The fraction of sp³-hybridized carbons (Fsp3) is 0.194. The number of carbonyl (C=O) groups excluding carboxylic acids is 1. The molecule has 0 fully saturated rings. The van der Waals surface area contributed by atoms with Crippen molar-refractivity contribution in [3.05, 3.63) is 154 Å². The average Bonchev–Trinajstić information content (AvgIpc) is 3.50. The first-order valence-electron chi connectivity index (χ1n) is 14.3. The van der Waals surface area contributed by atoms with E-state index in [0.29, 0.717) is 5.76 Å². The summed E-state index contributed by atoms with van der Waals surface area (Å²) in [6.45, 7) is 1.07. The minimum Gasteiger partial charge on any atom is -0.488 e. The fourth-order valence-corrected chi connectivity index (χ4v) is 5.30. The molecule has 1 aromatic heterocycles. The number of allylic oxidation sites excluding steroid dienone is 1. The second-order valence-corrected chi connectivity index (χ2v) is 10.8. The lowest BCUT2D eigenvalue weighted by Crippen LogP contribution is -2.45. The predicted octanol–water partition coefficient (Wildman–Crippen LogP) is 6.61. The van der Waals surface area contributed by atoms with Gasteiger partial charge >= 0.3 is 11.9 Å². The Bertz CT molecular complexity index is 1740. The Kier molecular flexibility index (Phi) is 9.39. The van der Waals surface area contributed by atoms with Crippen LogP contribution in [0.15, 0.2) is 124 Å². The Morgan fingerprint density at radius 3 is 2.04 bits per heavy atom. The van der Waals surface area contributed by atoms with Crippen molar-refractivity contribution in [2.75, 3.05) is 6.61 Å². The zero-order valence-corrected chi connectivity index (χ0v) is 24.4. The molecule has 0 saturated carbocycles. The lowest BCUT2D eigenvalue weighted by molar-refractivity contribution is -0.153. The number of ether oxygens (including phenoxy) is 2. The monoisotopic (exact) mass is 610 g/mol. The lowest BCUT2D eigenvalue weighted by atomic mass is 9.67. The standard InChI is InChI=1S/C36H31FO8/c1-23-31(34(39)40)33(44-21-26-10-6-3-7-11-26)29(19-36(23,35(41)42)22-43-20-25-8-4-2-5-9-25)32(38)30-17-16-28(45-30)18-24-12-14-27(37)15-13-24/h2-17,19,23H,18,20-22H2,1H3,(H,39,40)(H,41,42). The molecule has 4 aromatic rings. The van der Waals surface area contributed by atoms with Crippen LogP contribution in [0.5, 0.6) is 0 Å². The van der Waals surface area contributed by atoms with Crippen LogP contribution in [0.2, 0.25) is 0 Å². The van der Waals surface area contributed by atoms with E-state index in [1.54, 1.807) is 42.5 Å². The van der Waals surface area contributed by atoms with Crippen LogP contribution in [0, 0.1) is 17.2 Å². The summed E-state index contributed by atoms with van der Waals surface area (Å²) in [5, 5.41) is 21.0. The van der Waals surface area contributed by atoms with Crippen molar-refractivity contribution in [1.82, 2.24) is 0 Å². The summed E-state index contributed by atoms with van der Waals surface area (Å²) in [5.74, 6) is -5.02. The molecule has 0 spiro atoms. The molecule has 1 aliphatic rings. The summed E-state index contributed by atoms with van der Waals surface area (Å²) >= 11 is 0. The molecule has 230 valence electrons. The Balaban J connectivity index is 1.53. The summed E-state index contributed by atoms with van der Waals surface area (Å²) in [7, 11) is 0. The molecule has 0 aliphatic heterocycles. The number of ketones is 1. The molecule has 5 rings (SSSR count). The van der Waals surface area contributed by atoms with Crippen molar-refractivity contribution in [1.29, 1.82) is 0 Å². The van der Waals surface area contributed by atoms with E-state index in [2.05, 4.69) is 0 Å². The van der Waals surface area contributed by atoms with Gasteiger partial charge in [0.2, 0.25) is 5.78 Å². The van der Waals surface area contributed by atoms with Crippen LogP contribution in [0.4, 0.5) is 4.39 Å². The first kappa shape index (κ1) is 31.2. The Morgan fingerprint density at radius 1 is 0.822 bits per heavy atom. The number of hydrogen-bond donors (Lipinski definition) is 2. The van der Waals surface area contributed by atoms with E-state index >= 15 is 0 Å². The van der Waals surface area contributed by atoms with Gasteiger partial charge in [0.15, 0.2) is 5.76 Å². The lowest BCUT2D eigenvalue weighted by Gasteiger charge is -2.37. The van der Waals surface area contributed by atoms with Crippen molar-refractivity contribution in [2.24, 2.45) is 11.3 Å². The molecule has 2 N–H and O–H groups in total. The van der Waals surface area contributed by atoms with Gasteiger partial charge in [-0.1, -0.05) is 79.7 Å². The van der Waals surface area contributed by atoms with Crippen molar-refractivity contribution in [2.45, 2.75) is 26.6 Å². The number of aliphatic carboxylic acids is 2. The number of benzene rings is 3. The van der Waals surface area contributed by atoms with E-state index in [1.165, 1.54) is 31.2 Å². The number of carboxylic acids is 2. The van der Waals surface area contributed by atoms with Gasteiger partial charge in [-0.2, -0.15) is 0 Å². The molecular formula is C36H31FO8. The maximum atomic E-state index is 14.1. The zero-order valence-electron chi connectivity index (χ0n) is 24.4. The largest absolute Gasteiger partial charge is 0.488 e. The maximum Gasteiger partial charge on any atom is 0.335 e. The highest BCUT2D eigenvalue weighted by Gasteiger charge is 2.51. The SMILES string of the molecule is CC1C(C(=O)O)=C(OCc2ccccc2)C(C(=O)c2ccc(Cc3ccc(F)cc3)o2)=CC1(COCc1ccccc1)C(=O)O. The average molecular weight is 611 g/mol. The van der Waals surface area contributed by atoms with Crippen LogP contribution >= 0.6 is 0 Å². The molecule has 9 heteroatoms. The van der Waals surface area contributed by atoms with E-state index in [-0.39, 0.29) is 48.1 Å². The van der Waals surface area contributed by atoms with Gasteiger partial charge in [-0.05, 0) is 47.0 Å². The minimum atomic E-state index is -1.92. The smallest absolute Gasteiger partial charge is 0.335 e. The number of carboxylic acid groups (broad SMARTS) is 2. The van der Waals surface area contributed by atoms with Crippen molar-refractivity contribution >= 4 is 17.7 Å². The number of furan rings is 1. The molecule has 1 aliphatic carbocycles. The molecular weight excluding hydrogens is 579 g/mol. The highest BCUT2D eigenvalue weighted by molar-refractivity contribution is 6.12. The Hall–Kier alpha value is -5.28. The normalized spacial score (nSPS) is 17.9. The molecule has 2 unspecified atom stereocenters. The predicted molar refractivity (Wildman–Crippen MR) is 162 cm³/mol. The summed E-state index contributed by atoms with van der Waals surface area (Å²) in [5.41, 5.74) is -0.273. The van der Waals surface area contributed by atoms with E-state index in [9.17, 15) is 29.0 Å². The van der Waals surface area contributed by atoms with Gasteiger partial charge in [0.05, 0.1) is 24.4 Å². The van der Waals surface area contributed by atoms with Gasteiger partial charge in [-0.25, -0.2) is 9.18 Å². The first-order valence-corrected chi connectivity index (χ1v) is 14.3. The van der Waals surface area contributed by atoms with Crippen LogP contribution in [-0.2, 0) is 38.7 Å². The van der Waals surface area contributed by atoms with Crippen LogP contribution in [0.1, 0.15) is 39.9 Å². The molecule has 0 amide bonds. The summed E-state index contributed by atoms with van der Waals surface area (Å²) in [4.78, 5) is 39.8. The minimum absolute atomic E-state index is 0.0666. The van der Waals surface area contributed by atoms with E-state index in [4.69, 9.17) is 13.9 Å². The highest BCUT2D eigenvalue weighted by Crippen LogP contribution is 2.45. The van der Waals surface area contributed by atoms with Gasteiger partial charge < -0.3 is 24.1 Å². The van der Waals surface area contributed by atoms with Crippen LogP contribution in [0.25, 0.3) is 0 Å². The molecule has 45 heavy (non-hydrogen) atoms. The van der Waals surface area contributed by atoms with E-state index in [1.807, 2.05) is 36.4 Å². The number of Topliss-reactive ketones (excluding diaryl/α,β-unsaturated/α-hetero) is 1. The van der Waals surface area contributed by atoms with Gasteiger partial charge in [-0.3, -0.25) is 9.59 Å². The second-order valence-electron chi connectivity index (χ2n) is 10.8. The van der Waals surface area contributed by atoms with E-state index in [0.717, 1.165) is 16.7 Å². The topological polar surface area (TPSA) is 123 Å². The zero-order chi connectivity index (χ0) is 32.0. The Morgan fingerprint density at radius 2 is 1.44 bits per heavy atom. The highest BCUT2D eigenvalue weighted by atomic mass is 19.1. The molecule has 3 aromatic carbocycles. The summed E-state index contributed by atoms with van der Waals surface area (Å²) < 4.78 is 31.1. The maximum absolute atomic E-state index is 14.1. The summed E-state index contributed by atoms with van der Waals surface area (Å²) in [6, 6.07) is 26.9. The van der Waals surface area contributed by atoms with Gasteiger partial charge in [0.25, 0.3) is 0 Å². The molecule has 8 nitrogen and oxygen atoms in total. The number of rotatable bonds is 13. The molecule has 1 heterocycles. The second kappa shape index (κ2) is 13.6. The van der Waals surface area contributed by atoms with Gasteiger partial charge in [0, 0.05) is 12.3 Å². The van der Waals surface area contributed by atoms with E-state index < -0.39 is 35.7 Å². The fourth-order valence-electron chi connectivity index (χ4n) is 5.30. The van der Waals surface area contributed by atoms with Crippen LogP contribution < -0.4 is 0 Å². The van der Waals surface area contributed by atoms with Crippen molar-refractivity contribution < 1.29 is 42.9 Å². The molecule has 0 radical (unpaired) electrons. The summed E-state index contributed by atoms with van der Waals surface area (Å²) in [6.07, 6.45) is 1.51. The Labute approximate surface area is 259 Å². The third kappa shape index (κ3) is 6.94. The number of halogens is 1. The third-order valence-electron chi connectivity index (χ3n) is 7.83. The van der Waals surface area contributed by atoms with Crippen LogP contribution in [-0.4, -0.2) is 34.5 Å². The third-order valence-corrected chi connectivity index (χ3v) is 7.83. The van der Waals surface area contributed by atoms with Gasteiger partial charge in [-0.15, -0.1) is 0 Å². The number of carbonyl (C=O) groups is 3. The molecule has 0 bridgehead atoms. The first-order chi connectivity index (χ1) is 21.7. The molecule has 0 saturated heterocycles. The van der Waals surface area contributed by atoms with Gasteiger partial charge in [0.1, 0.15) is 29.4 Å². The number of hydrogen-bond acceptors (Lipinski definition) is 6. The molecule has 2 atom stereocenters.